The molecule has 2 nitrogen and oxygen atoms in total. The molecule has 0 aliphatic rings. The summed E-state index contributed by atoms with van der Waals surface area (Å²) in [5.74, 6) is 0.665. The molecule has 2 atom stereocenters. The fourth-order valence-electron chi connectivity index (χ4n) is 1.80. The van der Waals surface area contributed by atoms with Gasteiger partial charge in [-0.05, 0) is 36.1 Å². The van der Waals surface area contributed by atoms with Crippen LogP contribution in [-0.2, 0) is 0 Å². The smallest absolute Gasteiger partial charge is 0.134 e. The van der Waals surface area contributed by atoms with E-state index in [0.29, 0.717) is 22.6 Å². The summed E-state index contributed by atoms with van der Waals surface area (Å²) < 4.78 is 18.6. The van der Waals surface area contributed by atoms with Crippen LogP contribution >= 0.6 is 0 Å². The van der Waals surface area contributed by atoms with Crippen molar-refractivity contribution in [3.63, 3.8) is 0 Å². The molecule has 0 saturated heterocycles. The van der Waals surface area contributed by atoms with Crippen LogP contribution in [0.15, 0.2) is 28.7 Å². The molecule has 0 radical (unpaired) electrons. The second-order valence-corrected chi connectivity index (χ2v) is 4.88. The Morgan fingerprint density at radius 3 is 2.53 bits per heavy atom. The molecule has 0 saturated carbocycles. The summed E-state index contributed by atoms with van der Waals surface area (Å²) in [4.78, 5) is 0. The van der Waals surface area contributed by atoms with E-state index in [4.69, 9.17) is 4.42 Å². The summed E-state index contributed by atoms with van der Waals surface area (Å²) in [6.07, 6.45) is -0.648. The van der Waals surface area contributed by atoms with Crippen LogP contribution in [0.2, 0.25) is 0 Å². The standard InChI is InChI=1S/C14H17FO2/c1-8(2)9(3)14(16)13-7-10-6-11(15)4-5-12(10)17-13/h4-9,14,16H,1-3H3. The Labute approximate surface area is 100 Å². The van der Waals surface area contributed by atoms with Crippen LogP contribution in [0.3, 0.4) is 0 Å². The Morgan fingerprint density at radius 2 is 1.88 bits per heavy atom. The minimum atomic E-state index is -0.648. The number of fused-ring (bicyclic) bond motifs is 1. The van der Waals surface area contributed by atoms with Crippen molar-refractivity contribution in [2.75, 3.05) is 0 Å². The predicted octanol–water partition coefficient (Wildman–Crippen LogP) is 3.90. The van der Waals surface area contributed by atoms with Gasteiger partial charge in [-0.1, -0.05) is 20.8 Å². The van der Waals surface area contributed by atoms with E-state index in [-0.39, 0.29) is 11.7 Å². The monoisotopic (exact) mass is 236 g/mol. The van der Waals surface area contributed by atoms with E-state index in [1.165, 1.54) is 12.1 Å². The average molecular weight is 236 g/mol. The lowest BCUT2D eigenvalue weighted by atomic mass is 9.91. The van der Waals surface area contributed by atoms with Crippen LogP contribution in [0.1, 0.15) is 32.6 Å². The molecule has 1 aromatic carbocycles. The van der Waals surface area contributed by atoms with Gasteiger partial charge in [0, 0.05) is 5.39 Å². The lowest BCUT2D eigenvalue weighted by Gasteiger charge is -2.20. The fraction of sp³-hybridized carbons (Fsp3) is 0.429. The van der Waals surface area contributed by atoms with Crippen LogP contribution in [-0.4, -0.2) is 5.11 Å². The van der Waals surface area contributed by atoms with Crippen molar-refractivity contribution in [1.29, 1.82) is 0 Å². The lowest BCUT2D eigenvalue weighted by Crippen LogP contribution is -2.14. The van der Waals surface area contributed by atoms with Gasteiger partial charge in [0.05, 0.1) is 0 Å². The molecular weight excluding hydrogens is 219 g/mol. The number of furan rings is 1. The van der Waals surface area contributed by atoms with Gasteiger partial charge in [-0.25, -0.2) is 4.39 Å². The number of benzene rings is 1. The third-order valence-electron chi connectivity index (χ3n) is 3.34. The Morgan fingerprint density at radius 1 is 1.18 bits per heavy atom. The van der Waals surface area contributed by atoms with Crippen LogP contribution in [0, 0.1) is 17.7 Å². The molecule has 2 aromatic rings. The van der Waals surface area contributed by atoms with Gasteiger partial charge in [0.25, 0.3) is 0 Å². The van der Waals surface area contributed by atoms with Crippen molar-refractivity contribution in [2.24, 2.45) is 11.8 Å². The quantitative estimate of drug-likeness (QED) is 0.876. The van der Waals surface area contributed by atoms with Crippen LogP contribution in [0.5, 0.6) is 0 Å². The van der Waals surface area contributed by atoms with E-state index in [1.54, 1.807) is 12.1 Å². The van der Waals surface area contributed by atoms with Gasteiger partial charge >= 0.3 is 0 Å². The lowest BCUT2D eigenvalue weighted by molar-refractivity contribution is 0.0731. The number of hydrogen-bond donors (Lipinski definition) is 1. The topological polar surface area (TPSA) is 33.4 Å². The summed E-state index contributed by atoms with van der Waals surface area (Å²) in [6, 6.07) is 6.06. The zero-order valence-corrected chi connectivity index (χ0v) is 10.3. The van der Waals surface area contributed by atoms with Crippen molar-refractivity contribution in [3.05, 3.63) is 35.8 Å². The molecule has 2 rings (SSSR count). The highest BCUT2D eigenvalue weighted by molar-refractivity contribution is 5.77. The van der Waals surface area contributed by atoms with Crippen LogP contribution < -0.4 is 0 Å². The van der Waals surface area contributed by atoms with Gasteiger partial charge in [0.2, 0.25) is 0 Å². The summed E-state index contributed by atoms with van der Waals surface area (Å²) in [5.41, 5.74) is 0.608. The first kappa shape index (κ1) is 12.1. The molecule has 0 bridgehead atoms. The Balaban J connectivity index is 2.36. The van der Waals surface area contributed by atoms with Crippen molar-refractivity contribution >= 4 is 11.0 Å². The largest absolute Gasteiger partial charge is 0.458 e. The predicted molar refractivity (Wildman–Crippen MR) is 65.1 cm³/mol. The zero-order chi connectivity index (χ0) is 12.6. The van der Waals surface area contributed by atoms with Crippen LogP contribution in [0.4, 0.5) is 4.39 Å². The fourth-order valence-corrected chi connectivity index (χ4v) is 1.80. The van der Waals surface area contributed by atoms with Gasteiger partial charge in [0.15, 0.2) is 0 Å². The maximum Gasteiger partial charge on any atom is 0.134 e. The molecule has 0 fully saturated rings. The number of hydrogen-bond acceptors (Lipinski definition) is 2. The molecule has 3 heteroatoms. The number of rotatable bonds is 3. The summed E-state index contributed by atoms with van der Waals surface area (Å²) in [6.45, 7) is 6.08. The van der Waals surface area contributed by atoms with Gasteiger partial charge in [-0.2, -0.15) is 0 Å². The highest BCUT2D eigenvalue weighted by Gasteiger charge is 2.22. The van der Waals surface area contributed by atoms with E-state index in [0.717, 1.165) is 0 Å². The number of halogens is 1. The molecule has 0 spiro atoms. The van der Waals surface area contributed by atoms with Crippen molar-refractivity contribution < 1.29 is 13.9 Å². The second-order valence-electron chi connectivity index (χ2n) is 4.88. The Hall–Kier alpha value is -1.35. The van der Waals surface area contributed by atoms with E-state index in [2.05, 4.69) is 13.8 Å². The second kappa shape index (κ2) is 4.49. The van der Waals surface area contributed by atoms with Crippen molar-refractivity contribution in [1.82, 2.24) is 0 Å². The Kier molecular flexibility index (Phi) is 3.20. The molecule has 92 valence electrons. The first-order valence-corrected chi connectivity index (χ1v) is 5.86. The minimum absolute atomic E-state index is 0.0976. The Bertz CT molecular complexity index is 516. The molecule has 1 heterocycles. The molecular formula is C14H17FO2. The van der Waals surface area contributed by atoms with Gasteiger partial charge in [0.1, 0.15) is 23.3 Å². The first-order chi connectivity index (χ1) is 7.99. The van der Waals surface area contributed by atoms with Crippen LogP contribution in [0.25, 0.3) is 11.0 Å². The molecule has 1 N–H and O–H groups in total. The highest BCUT2D eigenvalue weighted by Crippen LogP contribution is 2.31. The van der Waals surface area contributed by atoms with Gasteiger partial charge < -0.3 is 9.52 Å². The van der Waals surface area contributed by atoms with E-state index < -0.39 is 6.10 Å². The summed E-state index contributed by atoms with van der Waals surface area (Å²) >= 11 is 0. The maximum atomic E-state index is 13.0. The summed E-state index contributed by atoms with van der Waals surface area (Å²) in [7, 11) is 0. The van der Waals surface area contributed by atoms with E-state index in [1.807, 2.05) is 6.92 Å². The molecule has 0 amide bonds. The average Bonchev–Trinajstić information content (AvgIpc) is 2.69. The number of aliphatic hydroxyl groups is 1. The molecule has 17 heavy (non-hydrogen) atoms. The third kappa shape index (κ3) is 2.34. The van der Waals surface area contributed by atoms with Crippen molar-refractivity contribution in [2.45, 2.75) is 26.9 Å². The third-order valence-corrected chi connectivity index (χ3v) is 3.34. The van der Waals surface area contributed by atoms with E-state index >= 15 is 0 Å². The normalized spacial score (nSPS) is 15.4. The SMILES string of the molecule is CC(C)C(C)C(O)c1cc2cc(F)ccc2o1. The zero-order valence-electron chi connectivity index (χ0n) is 10.3. The first-order valence-electron chi connectivity index (χ1n) is 5.86. The molecule has 0 aliphatic heterocycles. The minimum Gasteiger partial charge on any atom is -0.458 e. The highest BCUT2D eigenvalue weighted by atomic mass is 19.1. The molecule has 1 aromatic heterocycles. The van der Waals surface area contributed by atoms with Gasteiger partial charge in [-0.15, -0.1) is 0 Å². The maximum absolute atomic E-state index is 13.0. The number of aliphatic hydroxyl groups excluding tert-OH is 1. The summed E-state index contributed by atoms with van der Waals surface area (Å²) in [5, 5.41) is 10.8. The molecule has 0 aliphatic carbocycles. The van der Waals surface area contributed by atoms with Crippen molar-refractivity contribution in [3.8, 4) is 0 Å². The van der Waals surface area contributed by atoms with E-state index in [9.17, 15) is 9.50 Å². The van der Waals surface area contributed by atoms with Gasteiger partial charge in [-0.3, -0.25) is 0 Å². The molecule has 2 unspecified atom stereocenters.